The number of hydrogen-bond acceptors (Lipinski definition) is 17. The number of carbonyl (C=O) groups is 7. The van der Waals surface area contributed by atoms with Crippen molar-refractivity contribution in [2.24, 2.45) is 5.92 Å². The van der Waals surface area contributed by atoms with Gasteiger partial charge in [0.15, 0.2) is 0 Å². The van der Waals surface area contributed by atoms with Crippen molar-refractivity contribution in [1.82, 2.24) is 36.4 Å². The standard InChI is InChI=1S/C62H82N7O18P/c1-6-8-10-27-85-46-25-21-42(22-26-46)40-15-13-39(14-16-40)41-17-19-43(20-18-41)56(76)64-48-30-44(72)32-63-60(80)54-55(75)35(3)33-69(54)62(82)52(37(5)71)66-59(79)53(50(74)29-38-11-23-47(24-12-38)87-88(83,84)86-28-9-7-2)67-58(78)49-31-45(73)34-68(49)61(81)51(36(4)70)65-57(48)77/h11-26,35-37,44-45,48-55,70-75H,6-10,27-34H2,1-5H3,(H,63,80)(H,64,76)(H,65,77)(H,66,79)(H,67,78)(H,83,84)/t35-,36+,37+,44+,45+,48-,49-,50+,51-,52-,53-,54-,55-/m0/s1. The van der Waals surface area contributed by atoms with E-state index in [2.05, 4.69) is 33.5 Å². The molecule has 3 aliphatic heterocycles. The molecule has 478 valence electrons. The Morgan fingerprint density at radius 2 is 1.17 bits per heavy atom. The smallest absolute Gasteiger partial charge is 0.494 e. The highest BCUT2D eigenvalue weighted by Gasteiger charge is 2.49. The lowest BCUT2D eigenvalue weighted by Crippen LogP contribution is -2.64. The Morgan fingerprint density at radius 1 is 0.636 bits per heavy atom. The van der Waals surface area contributed by atoms with Gasteiger partial charge in [-0.1, -0.05) is 101 Å². The van der Waals surface area contributed by atoms with Crippen LogP contribution in [0.4, 0.5) is 0 Å². The van der Waals surface area contributed by atoms with Crippen LogP contribution in [0.3, 0.4) is 0 Å². The van der Waals surface area contributed by atoms with Gasteiger partial charge in [-0.25, -0.2) is 4.57 Å². The van der Waals surface area contributed by atoms with Crippen LogP contribution in [0, 0.1) is 5.92 Å². The normalized spacial score (nSPS) is 26.0. The van der Waals surface area contributed by atoms with Gasteiger partial charge in [-0.05, 0) is 90.9 Å². The zero-order chi connectivity index (χ0) is 64.0. The molecule has 88 heavy (non-hydrogen) atoms. The summed E-state index contributed by atoms with van der Waals surface area (Å²) in [6.45, 7) is 7.00. The molecule has 0 aliphatic carbocycles. The Bertz CT molecular complexity index is 3080. The molecule has 26 heteroatoms. The fourth-order valence-corrected chi connectivity index (χ4v) is 11.5. The summed E-state index contributed by atoms with van der Waals surface area (Å²) in [6, 6.07) is 16.5. The number of phosphoric acid groups is 1. The lowest BCUT2D eigenvalue weighted by atomic mass is 9.99. The highest BCUT2D eigenvalue weighted by molar-refractivity contribution is 7.47. The molecule has 12 N–H and O–H groups in total. The molecule has 0 saturated carbocycles. The average molecular weight is 1240 g/mol. The third kappa shape index (κ3) is 17.9. The van der Waals surface area contributed by atoms with Crippen LogP contribution in [0.2, 0.25) is 0 Å². The van der Waals surface area contributed by atoms with E-state index in [0.29, 0.717) is 19.4 Å². The number of hydrogen-bond donors (Lipinski definition) is 12. The Hall–Kier alpha value is -7.32. The van der Waals surface area contributed by atoms with E-state index in [1.54, 1.807) is 12.1 Å². The average Bonchev–Trinajstić information content (AvgIpc) is 4.13. The minimum Gasteiger partial charge on any atom is -0.494 e. The third-order valence-corrected chi connectivity index (χ3v) is 16.7. The van der Waals surface area contributed by atoms with Crippen molar-refractivity contribution in [3.63, 3.8) is 0 Å². The van der Waals surface area contributed by atoms with Crippen molar-refractivity contribution in [2.75, 3.05) is 32.8 Å². The lowest BCUT2D eigenvalue weighted by molar-refractivity contribution is -0.147. The second kappa shape index (κ2) is 31.2. The zero-order valence-electron chi connectivity index (χ0n) is 49.9. The van der Waals surface area contributed by atoms with E-state index >= 15 is 0 Å². The summed E-state index contributed by atoms with van der Waals surface area (Å²) in [5, 5.41) is 80.2. The number of carbonyl (C=O) groups excluding carboxylic acids is 7. The molecule has 1 unspecified atom stereocenters. The lowest BCUT2D eigenvalue weighted by Gasteiger charge is -2.33. The first-order valence-electron chi connectivity index (χ1n) is 29.8. The minimum atomic E-state index is -4.52. The molecule has 25 nitrogen and oxygen atoms in total. The first kappa shape index (κ1) is 68.2. The number of amides is 7. The molecule has 3 fully saturated rings. The number of unbranched alkanes of at least 4 members (excludes halogenated alkanes) is 3. The second-order valence-corrected chi connectivity index (χ2v) is 24.2. The first-order valence-corrected chi connectivity index (χ1v) is 31.3. The highest BCUT2D eigenvalue weighted by atomic mass is 31.2. The number of fused-ring (bicyclic) bond motifs is 2. The van der Waals surface area contributed by atoms with Crippen LogP contribution in [0.5, 0.6) is 11.5 Å². The van der Waals surface area contributed by atoms with Gasteiger partial charge in [0.05, 0.1) is 49.8 Å². The number of β-amino-alcohol motifs (C(OH)–C–C–N with tert-alkyl or cyclic N) is 1. The van der Waals surface area contributed by atoms with E-state index in [0.717, 1.165) is 70.9 Å². The topological polar surface area (TPSA) is 372 Å². The van der Waals surface area contributed by atoms with Gasteiger partial charge < -0.3 is 76.3 Å². The molecule has 3 aliphatic rings. The molecule has 0 radical (unpaired) electrons. The maximum Gasteiger partial charge on any atom is 0.527 e. The Kier molecular flexibility index (Phi) is 24.2. The Labute approximate surface area is 510 Å². The largest absolute Gasteiger partial charge is 0.527 e. The van der Waals surface area contributed by atoms with Crippen LogP contribution >= 0.6 is 7.82 Å². The van der Waals surface area contributed by atoms with Gasteiger partial charge in [-0.2, -0.15) is 0 Å². The van der Waals surface area contributed by atoms with Crippen LogP contribution in [-0.2, 0) is 44.3 Å². The van der Waals surface area contributed by atoms with Crippen LogP contribution in [-0.4, -0.2) is 192 Å². The van der Waals surface area contributed by atoms with Crippen molar-refractivity contribution < 1.29 is 87.4 Å². The van der Waals surface area contributed by atoms with Crippen LogP contribution < -0.4 is 35.8 Å². The molecule has 3 heterocycles. The monoisotopic (exact) mass is 1240 g/mol. The van der Waals surface area contributed by atoms with Crippen molar-refractivity contribution in [2.45, 2.75) is 159 Å². The molecule has 0 spiro atoms. The molecule has 14 atom stereocenters. The van der Waals surface area contributed by atoms with E-state index < -0.39 is 160 Å². The number of nitrogens with one attached hydrogen (secondary N) is 5. The van der Waals surface area contributed by atoms with Gasteiger partial charge in [0.2, 0.25) is 35.4 Å². The van der Waals surface area contributed by atoms with Gasteiger partial charge in [-0.15, -0.1) is 0 Å². The van der Waals surface area contributed by atoms with Crippen molar-refractivity contribution in [3.05, 3.63) is 108 Å². The fourth-order valence-electron chi connectivity index (χ4n) is 10.7. The number of rotatable bonds is 20. The highest BCUT2D eigenvalue weighted by Crippen LogP contribution is 2.44. The second-order valence-electron chi connectivity index (χ2n) is 22.8. The van der Waals surface area contributed by atoms with Crippen molar-refractivity contribution in [1.29, 1.82) is 0 Å². The number of aliphatic hydroxyl groups is 6. The molecule has 0 aromatic heterocycles. The van der Waals surface area contributed by atoms with Gasteiger partial charge in [-0.3, -0.25) is 43.0 Å². The van der Waals surface area contributed by atoms with Crippen molar-refractivity contribution in [3.8, 4) is 33.8 Å². The SMILES string of the molecule is CCCCCOc1ccc(-c2ccc(-c3ccc(C(=O)N[C@H]4C[C@@H](O)CNC(=O)[C@@H]5[C@@H](O)[C@@H](C)CN5C(=O)[C@H]([C@@H](C)O)NC(=O)[C@H]([C@H](O)Cc5ccc(OP(=O)(O)OCCCC)cc5)NC(=O)[C@@H]5C[C@@H](O)CN5C(=O)[C@H]([C@@H](C)O)NC4=O)cc3)cc2)cc1. The van der Waals surface area contributed by atoms with Crippen LogP contribution in [0.15, 0.2) is 97.1 Å². The minimum absolute atomic E-state index is 0.0427. The number of aliphatic hydroxyl groups excluding tert-OH is 6. The third-order valence-electron chi connectivity index (χ3n) is 15.8. The van der Waals surface area contributed by atoms with E-state index in [1.807, 2.05) is 55.5 Å². The summed E-state index contributed by atoms with van der Waals surface area (Å²) in [5.74, 6) is -7.53. The Balaban J connectivity index is 1.15. The van der Waals surface area contributed by atoms with E-state index in [1.165, 1.54) is 43.3 Å². The Morgan fingerprint density at radius 3 is 1.75 bits per heavy atom. The fraction of sp³-hybridized carbons (Fsp3) is 0.500. The number of ether oxygens (including phenoxy) is 1. The molecular formula is C62H82N7O18P. The molecular weight excluding hydrogens is 1160 g/mol. The number of nitrogens with zero attached hydrogens (tertiary/aromatic N) is 2. The molecule has 3 saturated heterocycles. The number of phosphoric ester groups is 1. The summed E-state index contributed by atoms with van der Waals surface area (Å²) in [5.41, 5.74) is 3.89. The number of benzene rings is 4. The molecule has 0 bridgehead atoms. The van der Waals surface area contributed by atoms with Crippen LogP contribution in [0.25, 0.3) is 22.3 Å². The van der Waals surface area contributed by atoms with Crippen LogP contribution in [0.1, 0.15) is 95.5 Å². The maximum absolute atomic E-state index is 14.6. The quantitative estimate of drug-likeness (QED) is 0.0444. The van der Waals surface area contributed by atoms with Gasteiger partial charge in [0.25, 0.3) is 5.91 Å². The van der Waals surface area contributed by atoms with Gasteiger partial charge in [0, 0.05) is 50.4 Å². The predicted molar refractivity (Wildman–Crippen MR) is 321 cm³/mol. The summed E-state index contributed by atoms with van der Waals surface area (Å²) >= 11 is 0. The maximum atomic E-state index is 14.6. The van der Waals surface area contributed by atoms with Gasteiger partial charge >= 0.3 is 7.82 Å². The molecule has 4 aromatic rings. The van der Waals surface area contributed by atoms with E-state index in [4.69, 9.17) is 13.8 Å². The first-order chi connectivity index (χ1) is 41.9. The summed E-state index contributed by atoms with van der Waals surface area (Å²) in [6.07, 6.45) is -7.03. The molecule has 7 rings (SSSR count). The molecule has 4 aromatic carbocycles. The molecule has 7 amide bonds. The van der Waals surface area contributed by atoms with Gasteiger partial charge in [0.1, 0.15) is 47.8 Å². The van der Waals surface area contributed by atoms with Crippen molar-refractivity contribution >= 4 is 49.2 Å². The summed E-state index contributed by atoms with van der Waals surface area (Å²) in [4.78, 5) is 113. The predicted octanol–water partition coefficient (Wildman–Crippen LogP) is 1.85. The zero-order valence-corrected chi connectivity index (χ0v) is 50.8. The van der Waals surface area contributed by atoms with E-state index in [-0.39, 0.29) is 30.0 Å². The van der Waals surface area contributed by atoms with E-state index in [9.17, 15) is 73.7 Å². The summed E-state index contributed by atoms with van der Waals surface area (Å²) < 4.78 is 28.5. The summed E-state index contributed by atoms with van der Waals surface area (Å²) in [7, 11) is -4.52.